The zero-order valence-electron chi connectivity index (χ0n) is 11.7. The molecule has 0 bridgehead atoms. The zero-order valence-corrected chi connectivity index (χ0v) is 12.5. The van der Waals surface area contributed by atoms with Gasteiger partial charge in [-0.25, -0.2) is 0 Å². The fourth-order valence-corrected chi connectivity index (χ4v) is 2.23. The molecule has 1 N–H and O–H groups in total. The van der Waals surface area contributed by atoms with Crippen molar-refractivity contribution in [3.05, 3.63) is 24.3 Å². The lowest BCUT2D eigenvalue weighted by molar-refractivity contribution is -0.140. The molecule has 0 saturated carbocycles. The third kappa shape index (κ3) is 6.47. The number of rotatable bonds is 8. The molecule has 5 nitrogen and oxygen atoms in total. The van der Waals surface area contributed by atoms with E-state index < -0.39 is 0 Å². The van der Waals surface area contributed by atoms with Gasteiger partial charge < -0.3 is 14.8 Å². The highest BCUT2D eigenvalue weighted by Crippen LogP contribution is 2.22. The van der Waals surface area contributed by atoms with Crippen LogP contribution in [0.1, 0.15) is 12.8 Å². The molecule has 0 fully saturated rings. The van der Waals surface area contributed by atoms with Crippen LogP contribution in [-0.4, -0.2) is 38.4 Å². The molecule has 110 valence electrons. The van der Waals surface area contributed by atoms with Gasteiger partial charge in [-0.15, -0.1) is 11.8 Å². The topological polar surface area (TPSA) is 64.6 Å². The van der Waals surface area contributed by atoms with Crippen molar-refractivity contribution < 1.29 is 19.1 Å². The predicted molar refractivity (Wildman–Crippen MR) is 78.0 cm³/mol. The van der Waals surface area contributed by atoms with E-state index in [1.807, 2.05) is 24.3 Å². The lowest BCUT2D eigenvalue weighted by Crippen LogP contribution is -2.26. The minimum atomic E-state index is -0.259. The Morgan fingerprint density at radius 3 is 2.80 bits per heavy atom. The van der Waals surface area contributed by atoms with Crippen molar-refractivity contribution >= 4 is 23.6 Å². The Bertz CT molecular complexity index is 451. The fourth-order valence-electron chi connectivity index (χ4n) is 1.45. The van der Waals surface area contributed by atoms with Crippen LogP contribution in [-0.2, 0) is 14.3 Å². The second-order valence-corrected chi connectivity index (χ2v) is 5.05. The van der Waals surface area contributed by atoms with Gasteiger partial charge in [-0.3, -0.25) is 9.59 Å². The summed E-state index contributed by atoms with van der Waals surface area (Å²) in [6, 6.07) is 7.55. The maximum absolute atomic E-state index is 11.6. The first-order chi connectivity index (χ1) is 9.65. The molecule has 6 heteroatoms. The summed E-state index contributed by atoms with van der Waals surface area (Å²) in [6.07, 6.45) is 0.905. The molecular formula is C14H19NO4S. The van der Waals surface area contributed by atoms with Gasteiger partial charge in [0, 0.05) is 17.9 Å². The molecule has 0 aliphatic heterocycles. The van der Waals surface area contributed by atoms with E-state index in [1.165, 1.54) is 18.9 Å². The van der Waals surface area contributed by atoms with Gasteiger partial charge in [-0.1, -0.05) is 6.07 Å². The number of nitrogens with one attached hydrogen (secondary N) is 1. The highest BCUT2D eigenvalue weighted by atomic mass is 32.2. The fraction of sp³-hybridized carbons (Fsp3) is 0.429. The maximum atomic E-state index is 11.6. The number of hydrogen-bond donors (Lipinski definition) is 1. The van der Waals surface area contributed by atoms with Crippen LogP contribution in [0, 0.1) is 0 Å². The highest BCUT2D eigenvalue weighted by molar-refractivity contribution is 8.00. The third-order valence-corrected chi connectivity index (χ3v) is 3.51. The number of ether oxygens (including phenoxy) is 2. The summed E-state index contributed by atoms with van der Waals surface area (Å²) < 4.78 is 9.63. The molecule has 0 atom stereocenters. The van der Waals surface area contributed by atoms with E-state index in [0.717, 1.165) is 10.6 Å². The summed E-state index contributed by atoms with van der Waals surface area (Å²) in [5.41, 5.74) is 0. The Balaban J connectivity index is 2.20. The summed E-state index contributed by atoms with van der Waals surface area (Å²) in [4.78, 5) is 23.5. The molecule has 1 rings (SSSR count). The van der Waals surface area contributed by atoms with Gasteiger partial charge in [0.15, 0.2) is 0 Å². The molecular weight excluding hydrogens is 278 g/mol. The molecule has 0 heterocycles. The van der Waals surface area contributed by atoms with E-state index in [2.05, 4.69) is 10.1 Å². The van der Waals surface area contributed by atoms with Crippen molar-refractivity contribution in [2.75, 3.05) is 26.5 Å². The van der Waals surface area contributed by atoms with Crippen LogP contribution in [0.4, 0.5) is 0 Å². The van der Waals surface area contributed by atoms with Crippen molar-refractivity contribution in [3.63, 3.8) is 0 Å². The number of hydrogen-bond acceptors (Lipinski definition) is 5. The summed E-state index contributed by atoms with van der Waals surface area (Å²) in [5, 5.41) is 2.76. The van der Waals surface area contributed by atoms with E-state index in [0.29, 0.717) is 25.1 Å². The second kappa shape index (κ2) is 9.25. The Kier molecular flexibility index (Phi) is 7.57. The number of thioether (sulfide) groups is 1. The summed E-state index contributed by atoms with van der Waals surface area (Å²) in [7, 11) is 2.96. The number of methoxy groups -OCH3 is 2. The van der Waals surface area contributed by atoms with Crippen LogP contribution < -0.4 is 10.1 Å². The smallest absolute Gasteiger partial charge is 0.305 e. The molecule has 0 aliphatic carbocycles. The van der Waals surface area contributed by atoms with Gasteiger partial charge >= 0.3 is 5.97 Å². The Labute approximate surface area is 123 Å². The van der Waals surface area contributed by atoms with Gasteiger partial charge in [0.25, 0.3) is 0 Å². The quantitative estimate of drug-likeness (QED) is 0.451. The van der Waals surface area contributed by atoms with E-state index in [-0.39, 0.29) is 11.9 Å². The number of esters is 1. The first-order valence-electron chi connectivity index (χ1n) is 6.26. The number of amides is 1. The lowest BCUT2D eigenvalue weighted by atomic mass is 10.3. The highest BCUT2D eigenvalue weighted by Gasteiger charge is 2.04. The Hall–Kier alpha value is -1.69. The van der Waals surface area contributed by atoms with E-state index in [9.17, 15) is 9.59 Å². The van der Waals surface area contributed by atoms with Crippen molar-refractivity contribution in [2.45, 2.75) is 17.7 Å². The predicted octanol–water partition coefficient (Wildman–Crippen LogP) is 1.86. The first kappa shape index (κ1) is 16.4. The van der Waals surface area contributed by atoms with Gasteiger partial charge in [0.1, 0.15) is 5.75 Å². The minimum Gasteiger partial charge on any atom is -0.497 e. The van der Waals surface area contributed by atoms with Crippen LogP contribution in [0.5, 0.6) is 5.75 Å². The average Bonchev–Trinajstić information content (AvgIpc) is 2.49. The average molecular weight is 297 g/mol. The van der Waals surface area contributed by atoms with Crippen LogP contribution in [0.3, 0.4) is 0 Å². The second-order valence-electron chi connectivity index (χ2n) is 4.00. The minimum absolute atomic E-state index is 0.0531. The van der Waals surface area contributed by atoms with Crippen molar-refractivity contribution in [3.8, 4) is 5.75 Å². The van der Waals surface area contributed by atoms with Gasteiger partial charge in [-0.2, -0.15) is 0 Å². The summed E-state index contributed by atoms with van der Waals surface area (Å²) >= 11 is 1.44. The largest absolute Gasteiger partial charge is 0.497 e. The van der Waals surface area contributed by atoms with Crippen molar-refractivity contribution in [1.29, 1.82) is 0 Å². The van der Waals surface area contributed by atoms with Gasteiger partial charge in [-0.05, 0) is 24.6 Å². The third-order valence-electron chi connectivity index (χ3n) is 2.52. The molecule has 1 aromatic rings. The zero-order chi connectivity index (χ0) is 14.8. The molecule has 1 aromatic carbocycles. The first-order valence-corrected chi connectivity index (χ1v) is 7.24. The number of carbonyl (C=O) groups excluding carboxylic acids is 2. The van der Waals surface area contributed by atoms with E-state index in [1.54, 1.807) is 7.11 Å². The Morgan fingerprint density at radius 2 is 2.10 bits per heavy atom. The van der Waals surface area contributed by atoms with Crippen LogP contribution in [0.25, 0.3) is 0 Å². The normalized spacial score (nSPS) is 9.90. The Morgan fingerprint density at radius 1 is 1.30 bits per heavy atom. The van der Waals surface area contributed by atoms with Crippen molar-refractivity contribution in [2.24, 2.45) is 0 Å². The lowest BCUT2D eigenvalue weighted by Gasteiger charge is -2.06. The molecule has 0 unspecified atom stereocenters. The standard InChI is InChI=1S/C14H19NO4S/c1-18-11-5-3-6-12(9-11)20-10-13(16)15-8-4-7-14(17)19-2/h3,5-6,9H,4,7-8,10H2,1-2H3,(H,15,16). The van der Waals surface area contributed by atoms with Crippen LogP contribution >= 0.6 is 11.8 Å². The summed E-state index contributed by atoms with van der Waals surface area (Å²) in [5.74, 6) is 0.798. The van der Waals surface area contributed by atoms with Crippen molar-refractivity contribution in [1.82, 2.24) is 5.32 Å². The van der Waals surface area contributed by atoms with Crippen LogP contribution in [0.2, 0.25) is 0 Å². The summed E-state index contributed by atoms with van der Waals surface area (Å²) in [6.45, 7) is 0.479. The van der Waals surface area contributed by atoms with Gasteiger partial charge in [0.05, 0.1) is 20.0 Å². The van der Waals surface area contributed by atoms with Gasteiger partial charge in [0.2, 0.25) is 5.91 Å². The number of benzene rings is 1. The maximum Gasteiger partial charge on any atom is 0.305 e. The van der Waals surface area contributed by atoms with E-state index in [4.69, 9.17) is 4.74 Å². The molecule has 20 heavy (non-hydrogen) atoms. The molecule has 1 amide bonds. The number of carbonyl (C=O) groups is 2. The monoisotopic (exact) mass is 297 g/mol. The molecule has 0 aliphatic rings. The molecule has 0 saturated heterocycles. The molecule has 0 radical (unpaired) electrons. The van der Waals surface area contributed by atoms with Crippen LogP contribution in [0.15, 0.2) is 29.2 Å². The molecule has 0 aromatic heterocycles. The SMILES string of the molecule is COC(=O)CCCNC(=O)CSc1cccc(OC)c1. The molecule has 0 spiro atoms. The van der Waals surface area contributed by atoms with E-state index >= 15 is 0 Å².